The van der Waals surface area contributed by atoms with Gasteiger partial charge in [0, 0.05) is 39.0 Å². The Morgan fingerprint density at radius 3 is 1.95 bits per heavy atom. The number of unbranched alkanes of at least 4 members (excludes halogenated alkanes) is 11. The van der Waals surface area contributed by atoms with E-state index >= 15 is 0 Å². The molecule has 4 fully saturated rings. The van der Waals surface area contributed by atoms with Crippen LogP contribution in [-0.4, -0.2) is 72.4 Å². The lowest BCUT2D eigenvalue weighted by Gasteiger charge is -2.64. The summed E-state index contributed by atoms with van der Waals surface area (Å²) in [7, 11) is 2.06. The molecule has 2 amide bonds. The average Bonchev–Trinajstić information content (AvgIpc) is 3.53. The van der Waals surface area contributed by atoms with Crippen LogP contribution in [0.1, 0.15) is 189 Å². The van der Waals surface area contributed by atoms with E-state index in [1.54, 1.807) is 0 Å². The van der Waals surface area contributed by atoms with Crippen molar-refractivity contribution in [2.45, 2.75) is 201 Å². The molecule has 4 rings (SSSR count). The Labute approximate surface area is 344 Å². The number of allylic oxidation sites excluding steroid dienone is 2. The second kappa shape index (κ2) is 24.0. The number of nitrogens with zero attached hydrogens (tertiary/aromatic N) is 1. The lowest BCUT2D eigenvalue weighted by Crippen LogP contribution is -2.62. The summed E-state index contributed by atoms with van der Waals surface area (Å²) in [5.74, 6) is 3.61. The van der Waals surface area contributed by atoms with Gasteiger partial charge in [-0.3, -0.25) is 9.59 Å². The van der Waals surface area contributed by atoms with E-state index in [-0.39, 0.29) is 34.9 Å². The summed E-state index contributed by atoms with van der Waals surface area (Å²) in [6, 6.07) is 0. The highest BCUT2D eigenvalue weighted by Gasteiger charge is 2.64. The Hall–Kier alpha value is -1.44. The molecule has 7 heteroatoms. The van der Waals surface area contributed by atoms with Crippen molar-refractivity contribution < 1.29 is 19.8 Å². The fourth-order valence-electron chi connectivity index (χ4n) is 12.9. The fraction of sp³-hybridized carbons (Fsp3) is 0.918. The van der Waals surface area contributed by atoms with Crippen molar-refractivity contribution in [3.8, 4) is 0 Å². The second-order valence-electron chi connectivity index (χ2n) is 20.0. The highest BCUT2D eigenvalue weighted by atomic mass is 16.3. The number of nitrogens with one attached hydrogen (secondary N) is 2. The third-order valence-electron chi connectivity index (χ3n) is 16.3. The highest BCUT2D eigenvalue weighted by Crippen LogP contribution is 2.69. The number of aliphatic hydroxyl groups is 2. The molecule has 0 radical (unpaired) electrons. The fourth-order valence-corrected chi connectivity index (χ4v) is 12.9. The van der Waals surface area contributed by atoms with Crippen LogP contribution in [-0.2, 0) is 9.59 Å². The predicted molar refractivity (Wildman–Crippen MR) is 233 cm³/mol. The average molecular weight is 784 g/mol. The van der Waals surface area contributed by atoms with Crippen LogP contribution < -0.4 is 10.6 Å². The summed E-state index contributed by atoms with van der Waals surface area (Å²) in [6.45, 7) is 14.8. The van der Waals surface area contributed by atoms with Crippen molar-refractivity contribution in [1.29, 1.82) is 0 Å². The lowest BCUT2D eigenvalue weighted by molar-refractivity contribution is -0.203. The van der Waals surface area contributed by atoms with Gasteiger partial charge in [-0.2, -0.15) is 0 Å². The molecule has 0 aromatic carbocycles. The molecule has 4 aliphatic rings. The molecule has 0 bridgehead atoms. The molecule has 56 heavy (non-hydrogen) atoms. The molecule has 0 aromatic heterocycles. The van der Waals surface area contributed by atoms with Gasteiger partial charge in [-0.1, -0.05) is 105 Å². The first kappa shape index (κ1) is 47.2. The third kappa shape index (κ3) is 13.0. The Kier molecular flexibility index (Phi) is 20.2. The summed E-state index contributed by atoms with van der Waals surface area (Å²) in [5, 5.41) is 28.9. The number of likely N-dealkylation sites (N-methyl/N-ethyl adjacent to an activating group) is 1. The zero-order valence-electron chi connectivity index (χ0n) is 37.3. The maximum Gasteiger partial charge on any atom is 0.220 e. The highest BCUT2D eigenvalue weighted by molar-refractivity contribution is 5.76. The summed E-state index contributed by atoms with van der Waals surface area (Å²) in [5.41, 5.74) is 0.467. The molecular weight excluding hydrogens is 695 g/mol. The van der Waals surface area contributed by atoms with Gasteiger partial charge in [0.1, 0.15) is 0 Å². The summed E-state index contributed by atoms with van der Waals surface area (Å²) in [6.07, 6.45) is 31.6. The summed E-state index contributed by atoms with van der Waals surface area (Å²) in [4.78, 5) is 27.5. The van der Waals surface area contributed by atoms with Crippen molar-refractivity contribution in [2.24, 2.45) is 52.3 Å². The normalized spacial score (nSPS) is 33.2. The Morgan fingerprint density at radius 2 is 1.30 bits per heavy atom. The number of fused-ring (bicyclic) bond motifs is 5. The molecule has 4 saturated carbocycles. The number of carbonyl (C=O) groups excluding carboxylic acids is 2. The van der Waals surface area contributed by atoms with E-state index in [9.17, 15) is 19.8 Å². The second-order valence-corrected chi connectivity index (χ2v) is 20.0. The summed E-state index contributed by atoms with van der Waals surface area (Å²) >= 11 is 0. The van der Waals surface area contributed by atoms with E-state index in [0.717, 1.165) is 58.0 Å². The number of rotatable bonds is 26. The zero-order chi connectivity index (χ0) is 40.6. The Balaban J connectivity index is 1.03. The largest absolute Gasteiger partial charge is 0.393 e. The van der Waals surface area contributed by atoms with Crippen molar-refractivity contribution in [3.63, 3.8) is 0 Å². The third-order valence-corrected chi connectivity index (χ3v) is 16.3. The first-order chi connectivity index (χ1) is 27.0. The van der Waals surface area contributed by atoms with Gasteiger partial charge in [0.25, 0.3) is 0 Å². The molecular formula is C49H89N3O4. The molecule has 7 nitrogen and oxygen atoms in total. The van der Waals surface area contributed by atoms with E-state index in [2.05, 4.69) is 69.4 Å². The molecule has 324 valence electrons. The number of aliphatic hydroxyl groups excluding tert-OH is 2. The van der Waals surface area contributed by atoms with Crippen LogP contribution in [0.3, 0.4) is 0 Å². The van der Waals surface area contributed by atoms with Crippen LogP contribution in [0, 0.1) is 52.3 Å². The molecule has 0 saturated heterocycles. The molecule has 4 aliphatic carbocycles. The van der Waals surface area contributed by atoms with Crippen LogP contribution in [0.15, 0.2) is 12.2 Å². The van der Waals surface area contributed by atoms with Gasteiger partial charge >= 0.3 is 0 Å². The Morgan fingerprint density at radius 1 is 0.732 bits per heavy atom. The van der Waals surface area contributed by atoms with Gasteiger partial charge in [-0.05, 0) is 143 Å². The van der Waals surface area contributed by atoms with E-state index in [0.29, 0.717) is 67.4 Å². The Bertz CT molecular complexity index is 1180. The molecule has 0 aliphatic heterocycles. The minimum atomic E-state index is -0.255. The van der Waals surface area contributed by atoms with E-state index in [4.69, 9.17) is 0 Å². The van der Waals surface area contributed by atoms with Crippen molar-refractivity contribution in [3.05, 3.63) is 12.2 Å². The van der Waals surface area contributed by atoms with Gasteiger partial charge in [0.15, 0.2) is 0 Å². The predicted octanol–water partition coefficient (Wildman–Crippen LogP) is 10.2. The summed E-state index contributed by atoms with van der Waals surface area (Å²) < 4.78 is 0. The van der Waals surface area contributed by atoms with Gasteiger partial charge < -0.3 is 25.7 Å². The van der Waals surface area contributed by atoms with E-state index in [1.807, 2.05) is 0 Å². The van der Waals surface area contributed by atoms with Crippen LogP contribution in [0.4, 0.5) is 0 Å². The lowest BCUT2D eigenvalue weighted by atomic mass is 9.41. The maximum atomic E-state index is 12.9. The zero-order valence-corrected chi connectivity index (χ0v) is 37.3. The van der Waals surface area contributed by atoms with Gasteiger partial charge in [0.2, 0.25) is 11.8 Å². The van der Waals surface area contributed by atoms with Gasteiger partial charge in [-0.25, -0.2) is 0 Å². The van der Waals surface area contributed by atoms with Crippen LogP contribution >= 0.6 is 0 Å². The molecule has 0 spiro atoms. The van der Waals surface area contributed by atoms with Gasteiger partial charge in [0.05, 0.1) is 12.2 Å². The van der Waals surface area contributed by atoms with Crippen LogP contribution in [0.5, 0.6) is 0 Å². The number of carbonyl (C=O) groups is 2. The molecule has 1 unspecified atom stereocenters. The number of hydrogen-bond donors (Lipinski definition) is 4. The minimum absolute atomic E-state index is 0.147. The molecule has 0 aromatic rings. The van der Waals surface area contributed by atoms with Gasteiger partial charge in [-0.15, -0.1) is 0 Å². The standard InChI is InChI=1S/C49H89N3O4/c1-7-9-10-11-12-13-14-15-16-17-18-19-20-21-22-23-44(54)50-32-34-52(6)35-33-51-45(55)27-24-37(3)40-25-26-41-46-42(29-31-48(40,41)4)49(5)30-28-38(53)36-43(49)39(8-2)47(46)56/h15-16,37-43,46-47,53,56H,7-14,17-36H2,1-6H3,(H,50,54)(H,51,55)/b16-15-/t37-,38-,39-,40?,41+,42+,43+,46+,47-,48-,49-/m1/s1. The SMILES string of the molecule is CCCCCCCC/C=C\CCCCCCCC(=O)NCCN(C)CCNC(=O)CC[C@@H](C)C1CC[C@H]2[C@@H]3[C@H](O)[C@H](CC)[C@@H]4C[C@H](O)CC[C@]4(C)[C@H]3CC[C@]12C. The maximum absolute atomic E-state index is 12.9. The first-order valence-electron chi connectivity index (χ1n) is 24.2. The topological polar surface area (TPSA) is 102 Å². The first-order valence-corrected chi connectivity index (χ1v) is 24.2. The molecule has 11 atom stereocenters. The van der Waals surface area contributed by atoms with E-state index < -0.39 is 0 Å². The van der Waals surface area contributed by atoms with Crippen LogP contribution in [0.25, 0.3) is 0 Å². The van der Waals surface area contributed by atoms with Crippen molar-refractivity contribution in [1.82, 2.24) is 15.5 Å². The quantitative estimate of drug-likeness (QED) is 0.0517. The van der Waals surface area contributed by atoms with Crippen LogP contribution in [0.2, 0.25) is 0 Å². The number of amides is 2. The van der Waals surface area contributed by atoms with E-state index in [1.165, 1.54) is 96.3 Å². The minimum Gasteiger partial charge on any atom is -0.393 e. The molecule has 0 heterocycles. The van der Waals surface area contributed by atoms with Crippen molar-refractivity contribution in [2.75, 3.05) is 33.2 Å². The molecule has 4 N–H and O–H groups in total. The van der Waals surface area contributed by atoms with Crippen molar-refractivity contribution >= 4 is 11.8 Å². The number of hydrogen-bond acceptors (Lipinski definition) is 5. The smallest absolute Gasteiger partial charge is 0.220 e. The monoisotopic (exact) mass is 784 g/mol.